The monoisotopic (exact) mass is 245 g/mol. The molecule has 2 nitrogen and oxygen atoms in total. The summed E-state index contributed by atoms with van der Waals surface area (Å²) in [5.74, 6) is 4.77. The fourth-order valence-corrected chi connectivity index (χ4v) is 1.79. The van der Waals surface area contributed by atoms with Crippen LogP contribution in [0.4, 0.5) is 0 Å². The number of hydrogen-bond donors (Lipinski definition) is 0. The standard InChI is InChI=1S/C14H19NOSi/c1-17(2,3)9-8-13-6-7-14(10-15-13)16-11-12-4-5-12/h6-7,10,12H,4-5,11H2,1-3H3. The van der Waals surface area contributed by atoms with Crippen LogP contribution in [0.15, 0.2) is 18.3 Å². The van der Waals surface area contributed by atoms with Crippen molar-refractivity contribution in [1.29, 1.82) is 0 Å². The van der Waals surface area contributed by atoms with Crippen LogP contribution in [0.25, 0.3) is 0 Å². The Morgan fingerprint density at radius 2 is 2.12 bits per heavy atom. The SMILES string of the molecule is C[Si](C)(C)C#Cc1ccc(OCC2CC2)cn1. The van der Waals surface area contributed by atoms with Gasteiger partial charge in [-0.1, -0.05) is 25.6 Å². The van der Waals surface area contributed by atoms with Crippen LogP contribution in [-0.2, 0) is 0 Å². The van der Waals surface area contributed by atoms with E-state index in [1.807, 2.05) is 12.1 Å². The summed E-state index contributed by atoms with van der Waals surface area (Å²) in [5.41, 5.74) is 4.14. The third-order valence-electron chi connectivity index (χ3n) is 2.48. The van der Waals surface area contributed by atoms with Crippen molar-refractivity contribution >= 4 is 8.07 Å². The highest BCUT2D eigenvalue weighted by molar-refractivity contribution is 6.83. The van der Waals surface area contributed by atoms with Gasteiger partial charge in [0.2, 0.25) is 0 Å². The molecule has 1 aliphatic carbocycles. The minimum Gasteiger partial charge on any atom is -0.492 e. The van der Waals surface area contributed by atoms with Crippen molar-refractivity contribution in [3.8, 4) is 17.2 Å². The molecular weight excluding hydrogens is 226 g/mol. The molecule has 90 valence electrons. The molecule has 0 bridgehead atoms. The van der Waals surface area contributed by atoms with Crippen molar-refractivity contribution in [2.45, 2.75) is 32.5 Å². The quantitative estimate of drug-likeness (QED) is 0.603. The number of rotatable bonds is 3. The summed E-state index contributed by atoms with van der Waals surface area (Å²) in [7, 11) is -1.31. The highest BCUT2D eigenvalue weighted by Gasteiger charge is 2.21. The van der Waals surface area contributed by atoms with Crippen LogP contribution < -0.4 is 4.74 Å². The van der Waals surface area contributed by atoms with E-state index in [2.05, 4.69) is 36.1 Å². The number of ether oxygens (including phenoxy) is 1. The minimum absolute atomic E-state index is 0.779. The summed E-state index contributed by atoms with van der Waals surface area (Å²) in [6, 6.07) is 3.90. The molecule has 0 saturated heterocycles. The summed E-state index contributed by atoms with van der Waals surface area (Å²) in [4.78, 5) is 4.30. The van der Waals surface area contributed by atoms with Gasteiger partial charge < -0.3 is 4.74 Å². The van der Waals surface area contributed by atoms with Gasteiger partial charge in [0.1, 0.15) is 19.5 Å². The molecule has 1 fully saturated rings. The van der Waals surface area contributed by atoms with E-state index in [0.29, 0.717) is 0 Å². The molecule has 0 spiro atoms. The average molecular weight is 245 g/mol. The lowest BCUT2D eigenvalue weighted by atomic mass is 10.3. The predicted octanol–water partition coefficient (Wildman–Crippen LogP) is 3.10. The van der Waals surface area contributed by atoms with Crippen molar-refractivity contribution in [3.05, 3.63) is 24.0 Å². The Balaban J connectivity index is 1.93. The first-order valence-corrected chi connectivity index (χ1v) is 9.65. The van der Waals surface area contributed by atoms with E-state index in [4.69, 9.17) is 4.74 Å². The fourth-order valence-electron chi connectivity index (χ4n) is 1.29. The van der Waals surface area contributed by atoms with Gasteiger partial charge in [0.05, 0.1) is 12.8 Å². The summed E-state index contributed by atoms with van der Waals surface area (Å²) in [6.07, 6.45) is 4.40. The van der Waals surface area contributed by atoms with Gasteiger partial charge in [-0.2, -0.15) is 0 Å². The second kappa shape index (κ2) is 4.93. The van der Waals surface area contributed by atoms with Crippen LogP contribution in [0.3, 0.4) is 0 Å². The molecule has 17 heavy (non-hydrogen) atoms. The summed E-state index contributed by atoms with van der Waals surface area (Å²) in [6.45, 7) is 7.52. The average Bonchev–Trinajstić information content (AvgIpc) is 3.08. The minimum atomic E-state index is -1.31. The van der Waals surface area contributed by atoms with Crippen LogP contribution >= 0.6 is 0 Å². The van der Waals surface area contributed by atoms with E-state index in [0.717, 1.165) is 24.0 Å². The Kier molecular flexibility index (Phi) is 3.53. The van der Waals surface area contributed by atoms with Gasteiger partial charge in [-0.05, 0) is 30.9 Å². The Morgan fingerprint density at radius 1 is 1.35 bits per heavy atom. The molecule has 0 N–H and O–H groups in total. The lowest BCUT2D eigenvalue weighted by Gasteiger charge is -2.05. The highest BCUT2D eigenvalue weighted by Crippen LogP contribution is 2.29. The Bertz CT molecular complexity index is 432. The van der Waals surface area contributed by atoms with Crippen LogP contribution in [0.5, 0.6) is 5.75 Å². The Hall–Kier alpha value is -1.27. The maximum absolute atomic E-state index is 5.63. The van der Waals surface area contributed by atoms with Crippen molar-refractivity contribution in [3.63, 3.8) is 0 Å². The molecule has 1 saturated carbocycles. The zero-order valence-electron chi connectivity index (χ0n) is 10.8. The first-order chi connectivity index (χ1) is 8.03. The van der Waals surface area contributed by atoms with E-state index >= 15 is 0 Å². The van der Waals surface area contributed by atoms with Crippen LogP contribution in [-0.4, -0.2) is 19.7 Å². The molecule has 1 aromatic rings. The molecule has 0 amide bonds. The zero-order valence-corrected chi connectivity index (χ0v) is 11.8. The third-order valence-corrected chi connectivity index (χ3v) is 3.36. The Labute approximate surface area is 104 Å². The molecule has 1 aliphatic rings. The molecule has 0 aromatic carbocycles. The van der Waals surface area contributed by atoms with E-state index < -0.39 is 8.07 Å². The van der Waals surface area contributed by atoms with Crippen LogP contribution in [0.1, 0.15) is 18.5 Å². The molecule has 0 radical (unpaired) electrons. The van der Waals surface area contributed by atoms with Crippen molar-refractivity contribution < 1.29 is 4.74 Å². The van der Waals surface area contributed by atoms with Gasteiger partial charge in [-0.25, -0.2) is 4.98 Å². The first kappa shape index (κ1) is 12.2. The molecule has 1 aromatic heterocycles. The summed E-state index contributed by atoms with van der Waals surface area (Å²) >= 11 is 0. The molecular formula is C14H19NOSi. The van der Waals surface area contributed by atoms with Crippen LogP contribution in [0.2, 0.25) is 19.6 Å². The number of aromatic nitrogens is 1. The number of pyridine rings is 1. The highest BCUT2D eigenvalue weighted by atomic mass is 28.3. The van der Waals surface area contributed by atoms with E-state index in [-0.39, 0.29) is 0 Å². The largest absolute Gasteiger partial charge is 0.492 e. The summed E-state index contributed by atoms with van der Waals surface area (Å²) < 4.78 is 5.63. The van der Waals surface area contributed by atoms with Crippen molar-refractivity contribution in [2.24, 2.45) is 5.92 Å². The maximum atomic E-state index is 5.63. The molecule has 0 atom stereocenters. The second-order valence-corrected chi connectivity index (χ2v) is 10.4. The summed E-state index contributed by atoms with van der Waals surface area (Å²) in [5, 5.41) is 0. The second-order valence-electron chi connectivity index (χ2n) is 5.63. The Morgan fingerprint density at radius 3 is 2.65 bits per heavy atom. The normalized spacial score (nSPS) is 15.0. The van der Waals surface area contributed by atoms with Gasteiger partial charge in [-0.3, -0.25) is 0 Å². The topological polar surface area (TPSA) is 22.1 Å². The van der Waals surface area contributed by atoms with Crippen LogP contribution in [0, 0.1) is 17.4 Å². The van der Waals surface area contributed by atoms with E-state index in [1.54, 1.807) is 6.20 Å². The van der Waals surface area contributed by atoms with E-state index in [9.17, 15) is 0 Å². The fraction of sp³-hybridized carbons (Fsp3) is 0.500. The maximum Gasteiger partial charge on any atom is 0.137 e. The first-order valence-electron chi connectivity index (χ1n) is 6.15. The van der Waals surface area contributed by atoms with Gasteiger partial charge >= 0.3 is 0 Å². The van der Waals surface area contributed by atoms with Gasteiger partial charge in [0.25, 0.3) is 0 Å². The van der Waals surface area contributed by atoms with Crippen molar-refractivity contribution in [2.75, 3.05) is 6.61 Å². The molecule has 0 unspecified atom stereocenters. The van der Waals surface area contributed by atoms with E-state index in [1.165, 1.54) is 12.8 Å². The molecule has 0 aliphatic heterocycles. The number of hydrogen-bond acceptors (Lipinski definition) is 2. The van der Waals surface area contributed by atoms with Crippen molar-refractivity contribution in [1.82, 2.24) is 4.98 Å². The van der Waals surface area contributed by atoms with Gasteiger partial charge in [0, 0.05) is 0 Å². The predicted molar refractivity (Wildman–Crippen MR) is 72.7 cm³/mol. The molecule has 2 rings (SSSR count). The molecule has 1 heterocycles. The van der Waals surface area contributed by atoms with Gasteiger partial charge in [0.15, 0.2) is 0 Å². The smallest absolute Gasteiger partial charge is 0.137 e. The number of nitrogens with zero attached hydrogens (tertiary/aromatic N) is 1. The van der Waals surface area contributed by atoms with Gasteiger partial charge in [-0.15, -0.1) is 5.54 Å². The zero-order chi connectivity index (χ0) is 12.3. The molecule has 3 heteroatoms. The lowest BCUT2D eigenvalue weighted by Crippen LogP contribution is -2.16. The third kappa shape index (κ3) is 4.62. The lowest BCUT2D eigenvalue weighted by molar-refractivity contribution is 0.298.